The molecule has 1 aliphatic heterocycles. The Bertz CT molecular complexity index is 444. The number of nitrogens with zero attached hydrogens (tertiary/aromatic N) is 1. The average Bonchev–Trinajstić information content (AvgIpc) is 2.48. The Morgan fingerprint density at radius 1 is 1.35 bits per heavy atom. The van der Waals surface area contributed by atoms with E-state index < -0.39 is 0 Å². The van der Waals surface area contributed by atoms with Gasteiger partial charge in [0.2, 0.25) is 0 Å². The van der Waals surface area contributed by atoms with Gasteiger partial charge in [0.15, 0.2) is 0 Å². The predicted molar refractivity (Wildman–Crippen MR) is 83.0 cm³/mol. The van der Waals surface area contributed by atoms with Crippen molar-refractivity contribution in [2.75, 3.05) is 25.5 Å². The van der Waals surface area contributed by atoms with Crippen LogP contribution < -0.4 is 10.6 Å². The normalized spacial score (nSPS) is 22.6. The number of hydrogen-bond acceptors (Lipinski definition) is 2. The van der Waals surface area contributed by atoms with Crippen LogP contribution in [-0.4, -0.2) is 37.1 Å². The van der Waals surface area contributed by atoms with E-state index in [2.05, 4.69) is 17.6 Å². The molecule has 2 N–H and O–H groups in total. The summed E-state index contributed by atoms with van der Waals surface area (Å²) in [7, 11) is 2.01. The van der Waals surface area contributed by atoms with Crippen LogP contribution in [0.4, 0.5) is 10.5 Å². The predicted octanol–water partition coefficient (Wildman–Crippen LogP) is 2.85. The summed E-state index contributed by atoms with van der Waals surface area (Å²) in [6.07, 6.45) is 2.12. The van der Waals surface area contributed by atoms with E-state index in [1.807, 2.05) is 43.1 Å². The molecule has 1 aromatic carbocycles. The molecule has 1 aliphatic rings. The van der Waals surface area contributed by atoms with Crippen molar-refractivity contribution in [3.05, 3.63) is 29.8 Å². The zero-order valence-corrected chi connectivity index (χ0v) is 12.6. The fourth-order valence-electron chi connectivity index (χ4n) is 2.85. The Morgan fingerprint density at radius 2 is 2.05 bits per heavy atom. The maximum Gasteiger partial charge on any atom is 0.321 e. The molecule has 1 fully saturated rings. The highest BCUT2D eigenvalue weighted by Crippen LogP contribution is 2.21. The molecule has 2 atom stereocenters. The largest absolute Gasteiger partial charge is 0.324 e. The van der Waals surface area contributed by atoms with E-state index in [9.17, 15) is 4.79 Å². The first-order valence-corrected chi connectivity index (χ1v) is 7.44. The first kappa shape index (κ1) is 14.9. The molecule has 0 radical (unpaired) electrons. The summed E-state index contributed by atoms with van der Waals surface area (Å²) in [5, 5.41) is 6.34. The number of carbonyl (C=O) groups is 1. The molecule has 2 rings (SSSR count). The highest BCUT2D eigenvalue weighted by Gasteiger charge is 2.29. The summed E-state index contributed by atoms with van der Waals surface area (Å²) in [5.41, 5.74) is 2.06. The zero-order valence-electron chi connectivity index (χ0n) is 12.6. The minimum atomic E-state index is 0.0156. The maximum atomic E-state index is 12.3. The molecule has 0 aromatic heterocycles. The second kappa shape index (κ2) is 6.75. The molecule has 2 amide bonds. The number of rotatable bonds is 3. The second-order valence-corrected chi connectivity index (χ2v) is 5.59. The summed E-state index contributed by atoms with van der Waals surface area (Å²) in [4.78, 5) is 14.2. The molecule has 1 saturated heterocycles. The number of urea groups is 1. The van der Waals surface area contributed by atoms with Crippen LogP contribution in [0.15, 0.2) is 24.3 Å². The standard InChI is InChI=1S/C16H25N3O/c1-4-13-11-19(10-9-15(13)17-3)16(20)18-14-7-5-12(2)6-8-14/h5-8,13,15,17H,4,9-11H2,1-3H3,(H,18,20). The van der Waals surface area contributed by atoms with Crippen molar-refractivity contribution in [2.45, 2.75) is 32.7 Å². The number of amides is 2. The van der Waals surface area contributed by atoms with Crippen LogP contribution in [0.25, 0.3) is 0 Å². The molecule has 0 aliphatic carbocycles. The number of piperidine rings is 1. The van der Waals surface area contributed by atoms with Gasteiger partial charge in [0.25, 0.3) is 0 Å². The highest BCUT2D eigenvalue weighted by molar-refractivity contribution is 5.89. The smallest absolute Gasteiger partial charge is 0.321 e. The summed E-state index contributed by atoms with van der Waals surface area (Å²) < 4.78 is 0. The Labute approximate surface area is 121 Å². The van der Waals surface area contributed by atoms with E-state index in [-0.39, 0.29) is 6.03 Å². The first-order chi connectivity index (χ1) is 9.63. The van der Waals surface area contributed by atoms with Gasteiger partial charge in [0.1, 0.15) is 0 Å². The van der Waals surface area contributed by atoms with E-state index in [0.717, 1.165) is 31.6 Å². The fourth-order valence-corrected chi connectivity index (χ4v) is 2.85. The summed E-state index contributed by atoms with van der Waals surface area (Å²) in [5.74, 6) is 0.539. The van der Waals surface area contributed by atoms with Crippen molar-refractivity contribution in [1.82, 2.24) is 10.2 Å². The van der Waals surface area contributed by atoms with Crippen LogP contribution >= 0.6 is 0 Å². The van der Waals surface area contributed by atoms with Gasteiger partial charge in [-0.05, 0) is 38.4 Å². The molecule has 4 nitrogen and oxygen atoms in total. The third-order valence-corrected chi connectivity index (χ3v) is 4.22. The van der Waals surface area contributed by atoms with Crippen LogP contribution in [0.1, 0.15) is 25.3 Å². The van der Waals surface area contributed by atoms with Crippen LogP contribution in [0, 0.1) is 12.8 Å². The summed E-state index contributed by atoms with van der Waals surface area (Å²) in [6, 6.07) is 8.47. The van der Waals surface area contributed by atoms with Crippen LogP contribution in [0.3, 0.4) is 0 Å². The SMILES string of the molecule is CCC1CN(C(=O)Nc2ccc(C)cc2)CCC1NC. The molecule has 20 heavy (non-hydrogen) atoms. The maximum absolute atomic E-state index is 12.3. The van der Waals surface area contributed by atoms with Gasteiger partial charge in [-0.2, -0.15) is 0 Å². The number of hydrogen-bond donors (Lipinski definition) is 2. The molecule has 2 unspecified atom stereocenters. The Morgan fingerprint density at radius 3 is 2.65 bits per heavy atom. The van der Waals surface area contributed by atoms with Gasteiger partial charge in [-0.1, -0.05) is 31.0 Å². The van der Waals surface area contributed by atoms with E-state index in [0.29, 0.717) is 12.0 Å². The Kier molecular flexibility index (Phi) is 5.01. The van der Waals surface area contributed by atoms with Gasteiger partial charge >= 0.3 is 6.03 Å². The summed E-state index contributed by atoms with van der Waals surface area (Å²) >= 11 is 0. The van der Waals surface area contributed by atoms with Crippen molar-refractivity contribution >= 4 is 11.7 Å². The number of aryl methyl sites for hydroxylation is 1. The molecular formula is C16H25N3O. The second-order valence-electron chi connectivity index (χ2n) is 5.59. The number of nitrogens with one attached hydrogen (secondary N) is 2. The quantitative estimate of drug-likeness (QED) is 0.891. The Balaban J connectivity index is 1.94. The monoisotopic (exact) mass is 275 g/mol. The minimum absolute atomic E-state index is 0.0156. The van der Waals surface area contributed by atoms with Crippen molar-refractivity contribution in [3.8, 4) is 0 Å². The molecule has 1 heterocycles. The van der Waals surface area contributed by atoms with Gasteiger partial charge in [-0.25, -0.2) is 4.79 Å². The third-order valence-electron chi connectivity index (χ3n) is 4.22. The summed E-state index contributed by atoms with van der Waals surface area (Å²) in [6.45, 7) is 5.88. The van der Waals surface area contributed by atoms with Crippen LogP contribution in [0.5, 0.6) is 0 Å². The molecule has 0 spiro atoms. The van der Waals surface area contributed by atoms with Crippen LogP contribution in [-0.2, 0) is 0 Å². The minimum Gasteiger partial charge on any atom is -0.324 e. The van der Waals surface area contributed by atoms with Crippen molar-refractivity contribution in [1.29, 1.82) is 0 Å². The van der Waals surface area contributed by atoms with Crippen molar-refractivity contribution < 1.29 is 4.79 Å². The number of likely N-dealkylation sites (tertiary alicyclic amines) is 1. The Hall–Kier alpha value is -1.55. The van der Waals surface area contributed by atoms with Crippen molar-refractivity contribution in [2.24, 2.45) is 5.92 Å². The third kappa shape index (κ3) is 3.51. The van der Waals surface area contributed by atoms with Gasteiger partial charge in [0, 0.05) is 24.8 Å². The fraction of sp³-hybridized carbons (Fsp3) is 0.562. The lowest BCUT2D eigenvalue weighted by atomic mass is 9.90. The highest BCUT2D eigenvalue weighted by atomic mass is 16.2. The molecular weight excluding hydrogens is 250 g/mol. The lowest BCUT2D eigenvalue weighted by Gasteiger charge is -2.38. The average molecular weight is 275 g/mol. The van der Waals surface area contributed by atoms with E-state index >= 15 is 0 Å². The number of anilines is 1. The number of benzene rings is 1. The molecule has 4 heteroatoms. The van der Waals surface area contributed by atoms with Gasteiger partial charge in [-0.15, -0.1) is 0 Å². The molecule has 0 bridgehead atoms. The topological polar surface area (TPSA) is 44.4 Å². The molecule has 1 aromatic rings. The lowest BCUT2D eigenvalue weighted by molar-refractivity contribution is 0.154. The van der Waals surface area contributed by atoms with Crippen LogP contribution in [0.2, 0.25) is 0 Å². The lowest BCUT2D eigenvalue weighted by Crippen LogP contribution is -2.51. The van der Waals surface area contributed by atoms with Crippen molar-refractivity contribution in [3.63, 3.8) is 0 Å². The first-order valence-electron chi connectivity index (χ1n) is 7.44. The van der Waals surface area contributed by atoms with E-state index in [4.69, 9.17) is 0 Å². The molecule has 110 valence electrons. The number of carbonyl (C=O) groups excluding carboxylic acids is 1. The van der Waals surface area contributed by atoms with Gasteiger partial charge in [0.05, 0.1) is 0 Å². The van der Waals surface area contributed by atoms with E-state index in [1.54, 1.807) is 0 Å². The molecule has 0 saturated carbocycles. The van der Waals surface area contributed by atoms with Gasteiger partial charge in [-0.3, -0.25) is 0 Å². The van der Waals surface area contributed by atoms with Gasteiger partial charge < -0.3 is 15.5 Å². The van der Waals surface area contributed by atoms with E-state index in [1.165, 1.54) is 5.56 Å². The zero-order chi connectivity index (χ0) is 14.5.